The van der Waals surface area contributed by atoms with E-state index >= 15 is 0 Å². The number of carbonyl (C=O) groups is 3. The molecule has 38 heavy (non-hydrogen) atoms. The van der Waals surface area contributed by atoms with E-state index in [9.17, 15) is 14.4 Å². The number of amides is 2. The Labute approximate surface area is 222 Å². The molecule has 3 aromatic carbocycles. The number of ether oxygens (including phenoxy) is 4. The SMILES string of the molecule is CCOc1cc(C(=O)Nc2ccccc2CNC(=O)c2cccc(OC(C)=O)c2)cc(OCC)c1OCC. The van der Waals surface area contributed by atoms with Gasteiger partial charge in [-0.15, -0.1) is 0 Å². The van der Waals surface area contributed by atoms with Crippen LogP contribution in [0.15, 0.2) is 60.7 Å². The van der Waals surface area contributed by atoms with Crippen molar-refractivity contribution in [3.63, 3.8) is 0 Å². The molecule has 0 spiro atoms. The Bertz CT molecular complexity index is 1260. The molecule has 2 N–H and O–H groups in total. The molecule has 3 aromatic rings. The smallest absolute Gasteiger partial charge is 0.308 e. The summed E-state index contributed by atoms with van der Waals surface area (Å²) in [5.74, 6) is 0.377. The normalized spacial score (nSPS) is 10.3. The molecule has 0 aliphatic carbocycles. The summed E-state index contributed by atoms with van der Waals surface area (Å²) < 4.78 is 22.2. The van der Waals surface area contributed by atoms with Gasteiger partial charge in [-0.3, -0.25) is 14.4 Å². The van der Waals surface area contributed by atoms with Gasteiger partial charge in [0.2, 0.25) is 5.75 Å². The van der Waals surface area contributed by atoms with Crippen LogP contribution in [0.3, 0.4) is 0 Å². The Balaban J connectivity index is 1.78. The van der Waals surface area contributed by atoms with Gasteiger partial charge < -0.3 is 29.6 Å². The van der Waals surface area contributed by atoms with Crippen LogP contribution in [0.1, 0.15) is 54.0 Å². The van der Waals surface area contributed by atoms with E-state index in [4.69, 9.17) is 18.9 Å². The van der Waals surface area contributed by atoms with Gasteiger partial charge in [-0.25, -0.2) is 0 Å². The number of benzene rings is 3. The summed E-state index contributed by atoms with van der Waals surface area (Å²) in [6.07, 6.45) is 0. The van der Waals surface area contributed by atoms with Crippen LogP contribution in [0.5, 0.6) is 23.0 Å². The van der Waals surface area contributed by atoms with Gasteiger partial charge in [-0.1, -0.05) is 24.3 Å². The lowest BCUT2D eigenvalue weighted by molar-refractivity contribution is -0.131. The first kappa shape index (κ1) is 28.0. The molecule has 9 heteroatoms. The van der Waals surface area contributed by atoms with Crippen molar-refractivity contribution in [1.82, 2.24) is 5.32 Å². The molecule has 3 rings (SSSR count). The first-order valence-electron chi connectivity index (χ1n) is 12.4. The maximum atomic E-state index is 13.2. The largest absolute Gasteiger partial charge is 0.490 e. The molecule has 9 nitrogen and oxygen atoms in total. The summed E-state index contributed by atoms with van der Waals surface area (Å²) in [5, 5.41) is 5.75. The van der Waals surface area contributed by atoms with Gasteiger partial charge in [0.25, 0.3) is 11.8 Å². The zero-order valence-electron chi connectivity index (χ0n) is 22.0. The highest BCUT2D eigenvalue weighted by atomic mass is 16.5. The second kappa shape index (κ2) is 13.7. The number of carbonyl (C=O) groups excluding carboxylic acids is 3. The number of esters is 1. The summed E-state index contributed by atoms with van der Waals surface area (Å²) in [4.78, 5) is 37.2. The molecule has 200 valence electrons. The number of anilines is 1. The van der Waals surface area contributed by atoms with Crippen LogP contribution in [0.2, 0.25) is 0 Å². The van der Waals surface area contributed by atoms with Crippen molar-refractivity contribution in [2.75, 3.05) is 25.1 Å². The number of hydrogen-bond acceptors (Lipinski definition) is 7. The van der Waals surface area contributed by atoms with Gasteiger partial charge >= 0.3 is 5.97 Å². The average molecular weight is 521 g/mol. The van der Waals surface area contributed by atoms with E-state index in [2.05, 4.69) is 10.6 Å². The predicted octanol–water partition coefficient (Wildman–Crippen LogP) is 4.99. The predicted molar refractivity (Wildman–Crippen MR) is 143 cm³/mol. The van der Waals surface area contributed by atoms with E-state index in [1.54, 1.807) is 48.5 Å². The van der Waals surface area contributed by atoms with Crippen LogP contribution >= 0.6 is 0 Å². The van der Waals surface area contributed by atoms with Crippen LogP contribution in [0.25, 0.3) is 0 Å². The third-order valence-electron chi connectivity index (χ3n) is 5.23. The molecule has 0 heterocycles. The lowest BCUT2D eigenvalue weighted by Gasteiger charge is -2.17. The van der Waals surface area contributed by atoms with Gasteiger partial charge in [0.05, 0.1) is 19.8 Å². The molecule has 0 unspecified atom stereocenters. The highest BCUT2D eigenvalue weighted by Crippen LogP contribution is 2.39. The molecule has 0 fully saturated rings. The van der Waals surface area contributed by atoms with E-state index in [0.29, 0.717) is 59.4 Å². The first-order chi connectivity index (χ1) is 18.4. The van der Waals surface area contributed by atoms with Gasteiger partial charge in [-0.2, -0.15) is 0 Å². The summed E-state index contributed by atoms with van der Waals surface area (Å²) in [6, 6.07) is 16.7. The number of hydrogen-bond donors (Lipinski definition) is 2. The minimum absolute atomic E-state index is 0.157. The van der Waals surface area contributed by atoms with Crippen molar-refractivity contribution >= 4 is 23.5 Å². The molecular formula is C29H32N2O7. The zero-order chi connectivity index (χ0) is 27.5. The van der Waals surface area contributed by atoms with Crippen molar-refractivity contribution in [2.45, 2.75) is 34.2 Å². The Morgan fingerprint density at radius 3 is 2.03 bits per heavy atom. The lowest BCUT2D eigenvalue weighted by Crippen LogP contribution is -2.24. The number of rotatable bonds is 12. The van der Waals surface area contributed by atoms with Gasteiger partial charge in [0, 0.05) is 30.3 Å². The molecule has 0 aliphatic rings. The fourth-order valence-electron chi connectivity index (χ4n) is 3.66. The average Bonchev–Trinajstić information content (AvgIpc) is 2.89. The molecule has 0 aliphatic heterocycles. The van der Waals surface area contributed by atoms with E-state index < -0.39 is 5.97 Å². The minimum Gasteiger partial charge on any atom is -0.490 e. The van der Waals surface area contributed by atoms with Gasteiger partial charge in [0.15, 0.2) is 11.5 Å². The molecule has 0 radical (unpaired) electrons. The van der Waals surface area contributed by atoms with E-state index in [1.165, 1.54) is 13.0 Å². The third kappa shape index (κ3) is 7.49. The quantitative estimate of drug-likeness (QED) is 0.256. The summed E-state index contributed by atoms with van der Waals surface area (Å²) in [6.45, 7) is 8.20. The standard InChI is InChI=1S/C29H32N2O7/c1-5-35-25-16-22(17-26(36-6-2)27(25)37-7-3)29(34)31-24-14-9-8-11-21(24)18-30-28(33)20-12-10-13-23(15-20)38-19(4)32/h8-17H,5-7,18H2,1-4H3,(H,30,33)(H,31,34). The topological polar surface area (TPSA) is 112 Å². The molecule has 2 amide bonds. The monoisotopic (exact) mass is 520 g/mol. The number of para-hydroxylation sites is 1. The van der Waals surface area contributed by atoms with Crippen molar-refractivity contribution < 1.29 is 33.3 Å². The first-order valence-corrected chi connectivity index (χ1v) is 12.4. The van der Waals surface area contributed by atoms with Crippen LogP contribution in [0, 0.1) is 0 Å². The molecule has 0 saturated heterocycles. The Hall–Kier alpha value is -4.53. The van der Waals surface area contributed by atoms with Crippen LogP contribution in [-0.4, -0.2) is 37.6 Å². The zero-order valence-corrected chi connectivity index (χ0v) is 22.0. The maximum Gasteiger partial charge on any atom is 0.308 e. The van der Waals surface area contributed by atoms with Crippen molar-refractivity contribution in [3.8, 4) is 23.0 Å². The fourth-order valence-corrected chi connectivity index (χ4v) is 3.66. The molecular weight excluding hydrogens is 488 g/mol. The molecule has 0 saturated carbocycles. The second-order valence-electron chi connectivity index (χ2n) is 8.02. The maximum absolute atomic E-state index is 13.2. The molecule has 0 atom stereocenters. The summed E-state index contributed by atoms with van der Waals surface area (Å²) in [7, 11) is 0. The van der Waals surface area contributed by atoms with E-state index in [-0.39, 0.29) is 24.1 Å². The Kier molecular flexibility index (Phi) is 10.1. The third-order valence-corrected chi connectivity index (χ3v) is 5.23. The Morgan fingerprint density at radius 2 is 1.39 bits per heavy atom. The van der Waals surface area contributed by atoms with Crippen molar-refractivity contribution in [3.05, 3.63) is 77.4 Å². The minimum atomic E-state index is -0.471. The second-order valence-corrected chi connectivity index (χ2v) is 8.02. The van der Waals surface area contributed by atoms with Crippen LogP contribution in [0.4, 0.5) is 5.69 Å². The van der Waals surface area contributed by atoms with Crippen molar-refractivity contribution in [2.24, 2.45) is 0 Å². The van der Waals surface area contributed by atoms with Crippen LogP contribution in [-0.2, 0) is 11.3 Å². The highest BCUT2D eigenvalue weighted by Gasteiger charge is 2.19. The van der Waals surface area contributed by atoms with Crippen LogP contribution < -0.4 is 29.6 Å². The molecule has 0 bridgehead atoms. The lowest BCUT2D eigenvalue weighted by atomic mass is 10.1. The fraction of sp³-hybridized carbons (Fsp3) is 0.276. The summed E-state index contributed by atoms with van der Waals surface area (Å²) in [5.41, 5.74) is 1.91. The van der Waals surface area contributed by atoms with E-state index in [1.807, 2.05) is 26.8 Å². The van der Waals surface area contributed by atoms with Gasteiger partial charge in [-0.05, 0) is 62.7 Å². The summed E-state index contributed by atoms with van der Waals surface area (Å²) >= 11 is 0. The number of nitrogens with one attached hydrogen (secondary N) is 2. The highest BCUT2D eigenvalue weighted by molar-refractivity contribution is 6.05. The van der Waals surface area contributed by atoms with Crippen molar-refractivity contribution in [1.29, 1.82) is 0 Å². The Morgan fingerprint density at radius 1 is 0.737 bits per heavy atom. The van der Waals surface area contributed by atoms with E-state index in [0.717, 1.165) is 0 Å². The molecule has 0 aromatic heterocycles. The van der Waals surface area contributed by atoms with Gasteiger partial charge in [0.1, 0.15) is 5.75 Å².